The van der Waals surface area contributed by atoms with Crippen LogP contribution >= 0.6 is 11.8 Å². The van der Waals surface area contributed by atoms with Gasteiger partial charge in [-0.2, -0.15) is 0 Å². The van der Waals surface area contributed by atoms with Crippen LogP contribution in [0.25, 0.3) is 33.4 Å². The molecule has 3 amide bonds. The van der Waals surface area contributed by atoms with E-state index in [4.69, 9.17) is 4.42 Å². The highest BCUT2D eigenvalue weighted by Gasteiger charge is 2.25. The average Bonchev–Trinajstić information content (AvgIpc) is 0.853. The molecule has 3 aromatic carbocycles. The number of unbranched alkanes of at least 4 members (excludes halogenated alkanes) is 36. The van der Waals surface area contributed by atoms with Crippen LogP contribution in [0.4, 0.5) is 0 Å². The van der Waals surface area contributed by atoms with Gasteiger partial charge in [0, 0.05) is 66.8 Å². The van der Waals surface area contributed by atoms with Crippen molar-refractivity contribution in [3.05, 3.63) is 112 Å². The SMILES string of the molecule is CCCCCCCCCCCCCCCCCCN(CCCCCCCCCCCCCCCCC)C(=O)CCCCCCCCCCSC(C(=O)NCCNC(=O)c1ccc(-c2c3ccc(=O)cc-3oc3cc(O)ccc23)c(C(=O)O)c1)c1ccccc1. The Morgan fingerprint density at radius 2 is 0.978 bits per heavy atom. The molecule has 0 spiro atoms. The highest BCUT2D eigenvalue weighted by atomic mass is 32.2. The first-order chi connectivity index (χ1) is 43.6. The molecule has 1 heterocycles. The summed E-state index contributed by atoms with van der Waals surface area (Å²) in [5.41, 5.74) is 2.21. The summed E-state index contributed by atoms with van der Waals surface area (Å²) in [4.78, 5) is 68.0. The zero-order chi connectivity index (χ0) is 63.4. The Labute approximate surface area is 540 Å². The summed E-state index contributed by atoms with van der Waals surface area (Å²) in [6.07, 6.45) is 51.7. The number of aromatic carboxylic acids is 1. The summed E-state index contributed by atoms with van der Waals surface area (Å²) in [6.45, 7) is 6.75. The van der Waals surface area contributed by atoms with E-state index < -0.39 is 17.1 Å². The van der Waals surface area contributed by atoms with Crippen molar-refractivity contribution in [1.29, 1.82) is 0 Å². The Bertz CT molecular complexity index is 2760. The smallest absolute Gasteiger partial charge is 0.336 e. The lowest BCUT2D eigenvalue weighted by Crippen LogP contribution is -2.36. The van der Waals surface area contributed by atoms with E-state index in [0.29, 0.717) is 34.4 Å². The van der Waals surface area contributed by atoms with Gasteiger partial charge < -0.3 is 30.2 Å². The maximum absolute atomic E-state index is 13.7. The Morgan fingerprint density at radius 1 is 0.506 bits per heavy atom. The Balaban J connectivity index is 0.956. The summed E-state index contributed by atoms with van der Waals surface area (Å²) in [5.74, 6) is -0.484. The van der Waals surface area contributed by atoms with Gasteiger partial charge in [-0.15, -0.1) is 11.8 Å². The number of nitrogens with one attached hydrogen (secondary N) is 2. The molecule has 0 saturated carbocycles. The molecular weight excluding hydrogens is 1130 g/mol. The summed E-state index contributed by atoms with van der Waals surface area (Å²) in [6, 6.07) is 23.0. The van der Waals surface area contributed by atoms with Gasteiger partial charge in [-0.05, 0) is 79.0 Å². The summed E-state index contributed by atoms with van der Waals surface area (Å²) in [7, 11) is 0. The van der Waals surface area contributed by atoms with Crippen molar-refractivity contribution in [1.82, 2.24) is 15.5 Å². The molecule has 0 radical (unpaired) electrons. The average molecular weight is 1240 g/mol. The number of hydrogen-bond acceptors (Lipinski definition) is 8. The van der Waals surface area contributed by atoms with Gasteiger partial charge in [0.25, 0.3) is 5.91 Å². The molecule has 1 atom stereocenters. The van der Waals surface area contributed by atoms with Crippen molar-refractivity contribution < 1.29 is 33.8 Å². The molecule has 4 N–H and O–H groups in total. The van der Waals surface area contributed by atoms with Gasteiger partial charge in [-0.1, -0.05) is 275 Å². The van der Waals surface area contributed by atoms with E-state index in [2.05, 4.69) is 29.4 Å². The molecule has 492 valence electrons. The lowest BCUT2D eigenvalue weighted by Gasteiger charge is -2.23. The summed E-state index contributed by atoms with van der Waals surface area (Å²) >= 11 is 1.63. The zero-order valence-electron chi connectivity index (χ0n) is 55.2. The maximum Gasteiger partial charge on any atom is 0.336 e. The van der Waals surface area contributed by atoms with E-state index in [1.165, 1.54) is 229 Å². The molecule has 1 unspecified atom stereocenters. The fraction of sp³-hybridized carbons (Fsp3) is 0.623. The fourth-order valence-corrected chi connectivity index (χ4v) is 13.6. The third-order valence-electron chi connectivity index (χ3n) is 17.7. The molecule has 0 bridgehead atoms. The molecule has 0 aromatic heterocycles. The number of nitrogens with zero attached hydrogens (tertiary/aromatic N) is 1. The van der Waals surface area contributed by atoms with Gasteiger partial charge in [0.15, 0.2) is 5.43 Å². The van der Waals surface area contributed by atoms with Crippen molar-refractivity contribution in [3.8, 4) is 28.2 Å². The highest BCUT2D eigenvalue weighted by molar-refractivity contribution is 8.00. The Morgan fingerprint density at radius 3 is 1.49 bits per heavy atom. The van der Waals surface area contributed by atoms with Gasteiger partial charge in [0.05, 0.1) is 5.56 Å². The first-order valence-electron chi connectivity index (χ1n) is 35.7. The number of carboxylic acids is 1. The maximum atomic E-state index is 13.7. The van der Waals surface area contributed by atoms with Crippen molar-refractivity contribution in [2.75, 3.05) is 31.9 Å². The molecule has 0 saturated heterocycles. The third-order valence-corrected chi connectivity index (χ3v) is 19.1. The number of phenolic OH excluding ortho intramolecular Hbond substituents is 1. The second-order valence-corrected chi connectivity index (χ2v) is 26.5. The number of benzene rings is 4. The van der Waals surface area contributed by atoms with Gasteiger partial charge >= 0.3 is 5.97 Å². The number of carboxylic acid groups (broad SMARTS) is 1. The second-order valence-electron chi connectivity index (χ2n) is 25.3. The number of rotatable bonds is 53. The number of carbonyl (C=O) groups is 4. The number of fused-ring (bicyclic) bond motifs is 2. The van der Waals surface area contributed by atoms with Crippen molar-refractivity contribution in [2.45, 2.75) is 276 Å². The highest BCUT2D eigenvalue weighted by Crippen LogP contribution is 2.42. The van der Waals surface area contributed by atoms with E-state index in [0.717, 1.165) is 75.8 Å². The number of phenols is 1. The van der Waals surface area contributed by atoms with Crippen LogP contribution < -0.4 is 16.1 Å². The van der Waals surface area contributed by atoms with E-state index in [1.54, 1.807) is 36.0 Å². The molecule has 3 aromatic rings. The second kappa shape index (κ2) is 46.4. The van der Waals surface area contributed by atoms with E-state index in [-0.39, 0.29) is 52.6 Å². The molecular formula is C77H115N3O8S. The molecule has 0 fully saturated rings. The van der Waals surface area contributed by atoms with E-state index in [1.807, 2.05) is 30.3 Å². The van der Waals surface area contributed by atoms with Crippen LogP contribution in [0.3, 0.4) is 0 Å². The van der Waals surface area contributed by atoms with Gasteiger partial charge in [0.1, 0.15) is 22.3 Å². The lowest BCUT2D eigenvalue weighted by molar-refractivity contribution is -0.131. The number of thioether (sulfide) groups is 1. The number of carbonyl (C=O) groups excluding carboxylic acids is 3. The van der Waals surface area contributed by atoms with Crippen LogP contribution in [-0.2, 0) is 9.59 Å². The van der Waals surface area contributed by atoms with Crippen LogP contribution in [0, 0.1) is 0 Å². The molecule has 2 aliphatic rings. The minimum atomic E-state index is -1.25. The standard InChI is InChI=1S/C77H115N3O8S/c1-3-5-7-9-11-13-15-17-19-21-23-25-28-32-36-43-57-80(56-42-35-31-27-24-22-20-18-16-14-12-10-8-6-4-2)72(83)47-41-34-30-26-29-33-37-44-58-89-74(62-45-39-38-40-46-62)76(85)79-55-54-78-75(84)63-48-51-66(69(59-63)77(86)87)73-67-52-49-64(81)60-70(67)88-71-61-65(82)50-53-68(71)73/h38-40,45-46,48-53,59-61,74,81H,3-37,41-44,47,54-58H2,1-2H3,(H,78,84)(H,79,85)(H,86,87). The predicted molar refractivity (Wildman–Crippen MR) is 373 cm³/mol. The number of hydrogen-bond donors (Lipinski definition) is 4. The zero-order valence-corrected chi connectivity index (χ0v) is 56.0. The number of amides is 3. The van der Waals surface area contributed by atoms with E-state index >= 15 is 0 Å². The largest absolute Gasteiger partial charge is 0.508 e. The summed E-state index contributed by atoms with van der Waals surface area (Å²) < 4.78 is 5.94. The van der Waals surface area contributed by atoms with Crippen LogP contribution in [-0.4, -0.2) is 70.7 Å². The molecule has 1 aliphatic heterocycles. The third kappa shape index (κ3) is 29.9. The van der Waals surface area contributed by atoms with Crippen LogP contribution in [0.2, 0.25) is 0 Å². The first kappa shape index (κ1) is 74.1. The molecule has 1 aliphatic carbocycles. The van der Waals surface area contributed by atoms with E-state index in [9.17, 15) is 34.2 Å². The number of aromatic hydroxyl groups is 1. The predicted octanol–water partition coefficient (Wildman–Crippen LogP) is 20.8. The molecule has 89 heavy (non-hydrogen) atoms. The fourth-order valence-electron chi connectivity index (χ4n) is 12.4. The summed E-state index contributed by atoms with van der Waals surface area (Å²) in [5, 5.41) is 26.5. The van der Waals surface area contributed by atoms with Crippen molar-refractivity contribution in [2.24, 2.45) is 0 Å². The lowest BCUT2D eigenvalue weighted by atomic mass is 9.90. The quantitative estimate of drug-likeness (QED) is 0.0219. The van der Waals surface area contributed by atoms with Gasteiger partial charge in [-0.25, -0.2) is 4.79 Å². The molecule has 11 nitrogen and oxygen atoms in total. The molecule has 12 heteroatoms. The van der Waals surface area contributed by atoms with Crippen molar-refractivity contribution in [3.63, 3.8) is 0 Å². The van der Waals surface area contributed by atoms with Crippen LogP contribution in [0.5, 0.6) is 5.75 Å². The van der Waals surface area contributed by atoms with Crippen molar-refractivity contribution >= 4 is 46.4 Å². The normalized spacial score (nSPS) is 11.8. The monoisotopic (exact) mass is 1240 g/mol. The minimum absolute atomic E-state index is 0.0536. The van der Waals surface area contributed by atoms with Gasteiger partial charge in [0.2, 0.25) is 11.8 Å². The van der Waals surface area contributed by atoms with Crippen LogP contribution in [0.15, 0.2) is 94.1 Å². The first-order valence-corrected chi connectivity index (χ1v) is 36.7. The Hall–Kier alpha value is -5.62. The molecule has 5 rings (SSSR count). The topological polar surface area (TPSA) is 166 Å². The van der Waals surface area contributed by atoms with Gasteiger partial charge in [-0.3, -0.25) is 19.2 Å². The minimum Gasteiger partial charge on any atom is -0.508 e. The van der Waals surface area contributed by atoms with Crippen LogP contribution in [0.1, 0.15) is 302 Å². The Kier molecular flexibility index (Phi) is 38.7.